The quantitative estimate of drug-likeness (QED) is 0.631. The van der Waals surface area contributed by atoms with Crippen molar-refractivity contribution in [3.05, 3.63) is 83.9 Å². The summed E-state index contributed by atoms with van der Waals surface area (Å²) in [6, 6.07) is 21.0. The number of hydrogen-bond acceptors (Lipinski definition) is 5. The van der Waals surface area contributed by atoms with Gasteiger partial charge >= 0.3 is 0 Å². The number of para-hydroxylation sites is 2. The first-order chi connectivity index (χ1) is 15.5. The lowest BCUT2D eigenvalue weighted by Gasteiger charge is -2.27. The molecule has 0 spiro atoms. The summed E-state index contributed by atoms with van der Waals surface area (Å²) in [5, 5.41) is 2.88. The average Bonchev–Trinajstić information content (AvgIpc) is 3.30. The van der Waals surface area contributed by atoms with Crippen molar-refractivity contribution in [2.75, 3.05) is 11.9 Å². The Balaban J connectivity index is 1.43. The molecule has 2 aliphatic rings. The standard InChI is InChI=1S/C24H21N3O4S/c28-24(23-18-9-1-3-11-20(18)31-21-12-4-2-10-19(21)23)26-16-7-5-8-17(15-16)32(29,30)27-22-13-6-14-25-22/h1-5,7-12,15,23H,6,13-14H2,(H,25,27)(H,26,28). The van der Waals surface area contributed by atoms with Crippen molar-refractivity contribution in [2.45, 2.75) is 23.7 Å². The van der Waals surface area contributed by atoms with Crippen LogP contribution in [0.1, 0.15) is 29.9 Å². The van der Waals surface area contributed by atoms with Gasteiger partial charge in [-0.25, -0.2) is 8.42 Å². The summed E-state index contributed by atoms with van der Waals surface area (Å²) in [5.41, 5.74) is 1.91. The molecule has 0 atom stereocenters. The molecular formula is C24H21N3O4S. The minimum absolute atomic E-state index is 0.0673. The van der Waals surface area contributed by atoms with Crippen LogP contribution in [0, 0.1) is 0 Å². The van der Waals surface area contributed by atoms with E-state index < -0.39 is 15.9 Å². The summed E-state index contributed by atoms with van der Waals surface area (Å²) >= 11 is 0. The van der Waals surface area contributed by atoms with Gasteiger partial charge in [-0.1, -0.05) is 42.5 Å². The smallest absolute Gasteiger partial charge is 0.262 e. The van der Waals surface area contributed by atoms with Crippen LogP contribution in [0.25, 0.3) is 0 Å². The zero-order valence-electron chi connectivity index (χ0n) is 17.1. The number of aliphatic imine (C=N–C) groups is 1. The number of benzene rings is 3. The summed E-state index contributed by atoms with van der Waals surface area (Å²) < 4.78 is 34.0. The van der Waals surface area contributed by atoms with Crippen LogP contribution in [0.5, 0.6) is 11.5 Å². The molecular weight excluding hydrogens is 426 g/mol. The number of carbonyl (C=O) groups is 1. The van der Waals surface area contributed by atoms with Gasteiger partial charge in [0.25, 0.3) is 10.0 Å². The number of amidine groups is 1. The highest BCUT2D eigenvalue weighted by molar-refractivity contribution is 7.90. The fourth-order valence-electron chi connectivity index (χ4n) is 3.98. The molecule has 0 aromatic heterocycles. The number of sulfonamides is 1. The molecule has 3 aromatic rings. The molecule has 2 N–H and O–H groups in total. The first kappa shape index (κ1) is 20.3. The van der Waals surface area contributed by atoms with Gasteiger partial charge < -0.3 is 10.1 Å². The molecule has 0 fully saturated rings. The van der Waals surface area contributed by atoms with Crippen LogP contribution in [0.2, 0.25) is 0 Å². The number of hydrogen-bond donors (Lipinski definition) is 2. The van der Waals surface area contributed by atoms with E-state index in [1.807, 2.05) is 48.5 Å². The van der Waals surface area contributed by atoms with Gasteiger partial charge in [-0.05, 0) is 36.8 Å². The predicted molar refractivity (Wildman–Crippen MR) is 122 cm³/mol. The van der Waals surface area contributed by atoms with Crippen molar-refractivity contribution in [1.29, 1.82) is 0 Å². The monoisotopic (exact) mass is 447 g/mol. The summed E-state index contributed by atoms with van der Waals surface area (Å²) in [6.45, 7) is 0.627. The van der Waals surface area contributed by atoms with E-state index in [1.54, 1.807) is 12.1 Å². The Hall–Kier alpha value is -3.65. The predicted octanol–water partition coefficient (Wildman–Crippen LogP) is 4.03. The van der Waals surface area contributed by atoms with E-state index in [-0.39, 0.29) is 10.8 Å². The minimum Gasteiger partial charge on any atom is -0.457 e. The summed E-state index contributed by atoms with van der Waals surface area (Å²) in [6.07, 6.45) is 1.44. The van der Waals surface area contributed by atoms with Gasteiger partial charge in [-0.3, -0.25) is 14.5 Å². The molecule has 0 aliphatic carbocycles. The van der Waals surface area contributed by atoms with E-state index in [9.17, 15) is 13.2 Å². The van der Waals surface area contributed by atoms with Crippen molar-refractivity contribution in [2.24, 2.45) is 4.99 Å². The lowest BCUT2D eigenvalue weighted by molar-refractivity contribution is -0.116. The van der Waals surface area contributed by atoms with E-state index in [0.717, 1.165) is 17.5 Å². The Morgan fingerprint density at radius 3 is 2.28 bits per heavy atom. The fraction of sp³-hybridized carbons (Fsp3) is 0.167. The summed E-state index contributed by atoms with van der Waals surface area (Å²) in [5.74, 6) is 0.876. The number of amides is 1. The largest absolute Gasteiger partial charge is 0.457 e. The molecule has 162 valence electrons. The van der Waals surface area contributed by atoms with Crippen LogP contribution >= 0.6 is 0 Å². The van der Waals surface area contributed by atoms with E-state index in [4.69, 9.17) is 4.74 Å². The number of ether oxygens (including phenoxy) is 1. The van der Waals surface area contributed by atoms with Crippen molar-refractivity contribution < 1.29 is 17.9 Å². The number of nitrogens with zero attached hydrogens (tertiary/aromatic N) is 1. The van der Waals surface area contributed by atoms with E-state index in [0.29, 0.717) is 36.0 Å². The van der Waals surface area contributed by atoms with Crippen LogP contribution in [0.15, 0.2) is 82.7 Å². The second-order valence-electron chi connectivity index (χ2n) is 7.67. The van der Waals surface area contributed by atoms with Crippen molar-refractivity contribution >= 4 is 27.5 Å². The second-order valence-corrected chi connectivity index (χ2v) is 9.35. The third-order valence-electron chi connectivity index (χ3n) is 5.48. The zero-order valence-corrected chi connectivity index (χ0v) is 17.9. The van der Waals surface area contributed by atoms with Crippen LogP contribution < -0.4 is 14.8 Å². The Bertz CT molecular complexity index is 1290. The third-order valence-corrected chi connectivity index (χ3v) is 6.86. The molecule has 0 radical (unpaired) electrons. The van der Waals surface area contributed by atoms with Gasteiger partial charge in [-0.15, -0.1) is 0 Å². The highest BCUT2D eigenvalue weighted by Gasteiger charge is 2.32. The van der Waals surface area contributed by atoms with Gasteiger partial charge in [0.1, 0.15) is 17.3 Å². The molecule has 2 aliphatic heterocycles. The van der Waals surface area contributed by atoms with Crippen LogP contribution in [-0.2, 0) is 14.8 Å². The molecule has 3 aromatic carbocycles. The molecule has 0 unspecified atom stereocenters. The highest BCUT2D eigenvalue weighted by Crippen LogP contribution is 2.44. The molecule has 8 heteroatoms. The molecule has 2 heterocycles. The van der Waals surface area contributed by atoms with Gasteiger partial charge in [0.2, 0.25) is 5.91 Å². The number of anilines is 1. The molecule has 0 bridgehead atoms. The Labute approximate surface area is 186 Å². The van der Waals surface area contributed by atoms with Crippen LogP contribution in [0.3, 0.4) is 0 Å². The molecule has 7 nitrogen and oxygen atoms in total. The fourth-order valence-corrected chi connectivity index (χ4v) is 5.12. The van der Waals surface area contributed by atoms with Crippen LogP contribution in [-0.4, -0.2) is 26.7 Å². The lowest BCUT2D eigenvalue weighted by Crippen LogP contribution is -2.29. The first-order valence-corrected chi connectivity index (χ1v) is 11.8. The van der Waals surface area contributed by atoms with E-state index in [2.05, 4.69) is 15.0 Å². The maximum Gasteiger partial charge on any atom is 0.262 e. The number of carbonyl (C=O) groups excluding carboxylic acids is 1. The van der Waals surface area contributed by atoms with E-state index >= 15 is 0 Å². The van der Waals surface area contributed by atoms with Crippen molar-refractivity contribution in [3.63, 3.8) is 0 Å². The SMILES string of the molecule is O=C(Nc1cccc(S(=O)(=O)NC2=NCCC2)c1)C1c2ccccc2Oc2ccccc21. The Morgan fingerprint density at radius 1 is 0.938 bits per heavy atom. The Kier molecular flexibility index (Phi) is 5.14. The third kappa shape index (κ3) is 3.85. The Morgan fingerprint density at radius 2 is 1.62 bits per heavy atom. The second kappa shape index (κ2) is 8.12. The molecule has 0 saturated heterocycles. The number of nitrogens with one attached hydrogen (secondary N) is 2. The van der Waals surface area contributed by atoms with Crippen molar-refractivity contribution in [3.8, 4) is 11.5 Å². The minimum atomic E-state index is -3.78. The number of fused-ring (bicyclic) bond motifs is 2. The molecule has 1 amide bonds. The first-order valence-electron chi connectivity index (χ1n) is 10.3. The summed E-state index contributed by atoms with van der Waals surface area (Å²) in [4.78, 5) is 17.6. The lowest BCUT2D eigenvalue weighted by atomic mass is 9.87. The molecule has 0 saturated carbocycles. The maximum absolute atomic E-state index is 13.4. The normalized spacial score (nSPS) is 15.2. The topological polar surface area (TPSA) is 96.9 Å². The maximum atomic E-state index is 13.4. The number of rotatable bonds is 4. The van der Waals surface area contributed by atoms with Crippen LogP contribution in [0.4, 0.5) is 5.69 Å². The van der Waals surface area contributed by atoms with Crippen molar-refractivity contribution in [1.82, 2.24) is 4.72 Å². The average molecular weight is 448 g/mol. The highest BCUT2D eigenvalue weighted by atomic mass is 32.2. The van der Waals surface area contributed by atoms with Gasteiger partial charge in [0.15, 0.2) is 0 Å². The molecule has 32 heavy (non-hydrogen) atoms. The molecule has 5 rings (SSSR count). The zero-order chi connectivity index (χ0) is 22.1. The van der Waals surface area contributed by atoms with E-state index in [1.165, 1.54) is 12.1 Å². The van der Waals surface area contributed by atoms with Gasteiger partial charge in [-0.2, -0.15) is 0 Å². The summed E-state index contributed by atoms with van der Waals surface area (Å²) in [7, 11) is -3.78. The van der Waals surface area contributed by atoms with Gasteiger partial charge in [0.05, 0.1) is 10.8 Å². The van der Waals surface area contributed by atoms with Gasteiger partial charge in [0, 0.05) is 29.8 Å².